The topological polar surface area (TPSA) is 80.0 Å². The molecule has 6 nitrogen and oxygen atoms in total. The van der Waals surface area contributed by atoms with E-state index in [1.165, 1.54) is 0 Å². The van der Waals surface area contributed by atoms with Crippen LogP contribution in [0.4, 0.5) is 16.4 Å². The summed E-state index contributed by atoms with van der Waals surface area (Å²) in [5.41, 5.74) is 1.49. The number of carbonyl (C=O) groups is 1. The fourth-order valence-electron chi connectivity index (χ4n) is 2.68. The summed E-state index contributed by atoms with van der Waals surface area (Å²) in [6.45, 7) is 6.38. The molecular formula is C21H24N4O2S. The largest absolute Gasteiger partial charge is 0.338 e. The second-order valence-corrected chi connectivity index (χ2v) is 7.88. The van der Waals surface area contributed by atoms with E-state index in [1.54, 1.807) is 30.2 Å². The van der Waals surface area contributed by atoms with Crippen molar-refractivity contribution in [1.29, 1.82) is 0 Å². The van der Waals surface area contributed by atoms with Gasteiger partial charge in [-0.1, -0.05) is 43.8 Å². The summed E-state index contributed by atoms with van der Waals surface area (Å²) < 4.78 is 5.29. The molecule has 2 N–H and O–H groups in total. The van der Waals surface area contributed by atoms with Gasteiger partial charge in [0.05, 0.1) is 5.69 Å². The van der Waals surface area contributed by atoms with E-state index in [1.807, 2.05) is 36.4 Å². The van der Waals surface area contributed by atoms with Crippen molar-refractivity contribution in [2.75, 3.05) is 10.6 Å². The van der Waals surface area contributed by atoms with E-state index in [9.17, 15) is 4.79 Å². The number of carbonyl (C=O) groups excluding carboxylic acids is 1. The minimum atomic E-state index is -0.372. The summed E-state index contributed by atoms with van der Waals surface area (Å²) in [6, 6.07) is 13.0. The van der Waals surface area contributed by atoms with Gasteiger partial charge < -0.3 is 9.84 Å². The molecule has 1 aromatic carbocycles. The van der Waals surface area contributed by atoms with E-state index in [0.717, 1.165) is 28.3 Å². The number of hydrogen-bond acceptors (Lipinski definition) is 5. The van der Waals surface area contributed by atoms with Crippen molar-refractivity contribution in [1.82, 2.24) is 10.1 Å². The highest BCUT2D eigenvalue weighted by atomic mass is 32.2. The normalized spacial score (nSPS) is 11.2. The van der Waals surface area contributed by atoms with Gasteiger partial charge in [0.2, 0.25) is 5.88 Å². The van der Waals surface area contributed by atoms with E-state index >= 15 is 0 Å². The predicted molar refractivity (Wildman–Crippen MR) is 112 cm³/mol. The lowest BCUT2D eigenvalue weighted by atomic mass is 9.81. The highest BCUT2D eigenvalue weighted by molar-refractivity contribution is 7.99. The van der Waals surface area contributed by atoms with Crippen LogP contribution in [0.5, 0.6) is 0 Å². The number of hydrogen-bond donors (Lipinski definition) is 2. The molecule has 146 valence electrons. The lowest BCUT2D eigenvalue weighted by Gasteiger charge is -2.22. The third kappa shape index (κ3) is 4.92. The van der Waals surface area contributed by atoms with E-state index < -0.39 is 0 Å². The van der Waals surface area contributed by atoms with Crippen molar-refractivity contribution in [2.24, 2.45) is 0 Å². The monoisotopic (exact) mass is 396 g/mol. The van der Waals surface area contributed by atoms with Crippen LogP contribution >= 0.6 is 11.8 Å². The molecule has 0 aliphatic rings. The Bertz CT molecular complexity index is 923. The molecular weight excluding hydrogens is 372 g/mol. The van der Waals surface area contributed by atoms with Gasteiger partial charge in [-0.15, -0.1) is 0 Å². The molecule has 2 heterocycles. The second-order valence-electron chi connectivity index (χ2n) is 6.74. The van der Waals surface area contributed by atoms with Crippen LogP contribution in [-0.2, 0) is 5.41 Å². The Balaban J connectivity index is 1.62. The number of urea groups is 1. The summed E-state index contributed by atoms with van der Waals surface area (Å²) >= 11 is 1.60. The molecule has 0 aliphatic carbocycles. The quantitative estimate of drug-likeness (QED) is 0.516. The number of pyridine rings is 1. The van der Waals surface area contributed by atoms with Crippen LogP contribution in [0.25, 0.3) is 0 Å². The molecule has 0 saturated carbocycles. The van der Waals surface area contributed by atoms with Crippen LogP contribution in [-0.4, -0.2) is 16.2 Å². The molecule has 3 rings (SSSR count). The fourth-order valence-corrected chi connectivity index (χ4v) is 3.55. The van der Waals surface area contributed by atoms with Crippen molar-refractivity contribution in [3.8, 4) is 0 Å². The molecule has 2 amide bonds. The van der Waals surface area contributed by atoms with Gasteiger partial charge in [0.25, 0.3) is 0 Å². The maximum absolute atomic E-state index is 12.3. The summed E-state index contributed by atoms with van der Waals surface area (Å²) in [5.74, 6) is 0.336. The Morgan fingerprint density at radius 3 is 2.54 bits per heavy atom. The predicted octanol–water partition coefficient (Wildman–Crippen LogP) is 5.94. The maximum atomic E-state index is 12.3. The molecule has 0 aliphatic heterocycles. The number of aromatic nitrogens is 2. The minimum absolute atomic E-state index is 0.0571. The number of nitrogens with one attached hydrogen (secondary N) is 2. The zero-order chi connectivity index (χ0) is 20.0. The number of amides is 2. The van der Waals surface area contributed by atoms with Gasteiger partial charge in [-0.3, -0.25) is 10.3 Å². The first-order valence-electron chi connectivity index (χ1n) is 9.25. The Labute approximate surface area is 169 Å². The molecule has 0 fully saturated rings. The molecule has 28 heavy (non-hydrogen) atoms. The van der Waals surface area contributed by atoms with Crippen LogP contribution in [0.15, 0.2) is 69.2 Å². The van der Waals surface area contributed by atoms with Gasteiger partial charge in [-0.2, -0.15) is 0 Å². The van der Waals surface area contributed by atoms with Crippen molar-refractivity contribution >= 4 is 29.4 Å². The Kier molecular flexibility index (Phi) is 6.36. The van der Waals surface area contributed by atoms with Gasteiger partial charge in [-0.25, -0.2) is 4.79 Å². The minimum Gasteiger partial charge on any atom is -0.338 e. The van der Waals surface area contributed by atoms with Gasteiger partial charge >= 0.3 is 6.03 Å². The summed E-state index contributed by atoms with van der Waals surface area (Å²) in [6.07, 6.45) is 5.41. The summed E-state index contributed by atoms with van der Waals surface area (Å²) in [7, 11) is 0. The number of anilines is 2. The van der Waals surface area contributed by atoms with Crippen LogP contribution in [0, 0.1) is 0 Å². The molecule has 0 unspecified atom stereocenters. The smallest absolute Gasteiger partial charge is 0.326 e. The van der Waals surface area contributed by atoms with Gasteiger partial charge in [-0.05, 0) is 43.2 Å². The van der Waals surface area contributed by atoms with Gasteiger partial charge in [0.1, 0.15) is 0 Å². The zero-order valence-corrected chi connectivity index (χ0v) is 17.0. The average molecular weight is 397 g/mol. The fraction of sp³-hybridized carbons (Fsp3) is 0.286. The first-order chi connectivity index (χ1) is 13.5. The van der Waals surface area contributed by atoms with Crippen molar-refractivity contribution < 1.29 is 9.32 Å². The van der Waals surface area contributed by atoms with Crippen LogP contribution in [0.1, 0.15) is 39.3 Å². The number of rotatable bonds is 7. The van der Waals surface area contributed by atoms with E-state index in [0.29, 0.717) is 11.6 Å². The van der Waals surface area contributed by atoms with E-state index in [2.05, 4.69) is 41.5 Å². The van der Waals surface area contributed by atoms with Crippen LogP contribution in [0.3, 0.4) is 0 Å². The first-order valence-corrected chi connectivity index (χ1v) is 10.1. The molecule has 0 atom stereocenters. The molecule has 7 heteroatoms. The first kappa shape index (κ1) is 19.9. The van der Waals surface area contributed by atoms with Crippen molar-refractivity contribution in [3.63, 3.8) is 0 Å². The molecule has 0 spiro atoms. The van der Waals surface area contributed by atoms with E-state index in [4.69, 9.17) is 4.52 Å². The number of nitrogens with zero attached hydrogens (tertiary/aromatic N) is 2. The molecule has 0 bridgehead atoms. The highest BCUT2D eigenvalue weighted by Gasteiger charge is 2.26. The van der Waals surface area contributed by atoms with Crippen molar-refractivity contribution in [2.45, 2.75) is 48.8 Å². The molecule has 0 saturated heterocycles. The van der Waals surface area contributed by atoms with Gasteiger partial charge in [0, 0.05) is 39.4 Å². The van der Waals surface area contributed by atoms with E-state index in [-0.39, 0.29) is 11.4 Å². The maximum Gasteiger partial charge on any atom is 0.326 e. The lowest BCUT2D eigenvalue weighted by molar-refractivity contribution is 0.261. The Morgan fingerprint density at radius 1 is 1.07 bits per heavy atom. The molecule has 3 aromatic rings. The standard InChI is InChI=1S/C21H24N4O2S/c1-4-21(3,5-2)18-14-19(27-25-18)24-20(26)23-15-7-6-8-17(13-15)28-16-9-11-22-12-10-16/h6-14H,4-5H2,1-3H3,(H2,23,24,26). The summed E-state index contributed by atoms with van der Waals surface area (Å²) in [5, 5.41) is 9.66. The second kappa shape index (κ2) is 8.93. The van der Waals surface area contributed by atoms with Crippen LogP contribution < -0.4 is 10.6 Å². The molecule has 2 aromatic heterocycles. The van der Waals surface area contributed by atoms with Gasteiger partial charge in [0.15, 0.2) is 0 Å². The van der Waals surface area contributed by atoms with Crippen LogP contribution in [0.2, 0.25) is 0 Å². The van der Waals surface area contributed by atoms with Crippen molar-refractivity contribution in [3.05, 3.63) is 60.6 Å². The summed E-state index contributed by atoms with van der Waals surface area (Å²) in [4.78, 5) is 18.4. The lowest BCUT2D eigenvalue weighted by Crippen LogP contribution is -2.20. The third-order valence-electron chi connectivity index (χ3n) is 4.90. The zero-order valence-electron chi connectivity index (χ0n) is 16.2. The Morgan fingerprint density at radius 2 is 1.82 bits per heavy atom. The number of benzene rings is 1. The SMILES string of the molecule is CCC(C)(CC)c1cc(NC(=O)Nc2cccc(Sc3ccncc3)c2)on1. The highest BCUT2D eigenvalue weighted by Crippen LogP contribution is 2.32. The third-order valence-corrected chi connectivity index (χ3v) is 5.90. The Hall–Kier alpha value is -2.80. The molecule has 0 radical (unpaired) electrons. The average Bonchev–Trinajstić information content (AvgIpc) is 3.17.